The summed E-state index contributed by atoms with van der Waals surface area (Å²) in [4.78, 5) is 29.5. The van der Waals surface area contributed by atoms with Crippen molar-refractivity contribution < 1.29 is 29.4 Å². The summed E-state index contributed by atoms with van der Waals surface area (Å²) in [7, 11) is 0. The van der Waals surface area contributed by atoms with Crippen LogP contribution in [0.4, 0.5) is 0 Å². The highest BCUT2D eigenvalue weighted by Gasteiger charge is 2.58. The molecule has 218 valence electrons. The van der Waals surface area contributed by atoms with Gasteiger partial charge in [-0.1, -0.05) is 24.6 Å². The molecule has 4 aliphatic carbocycles. The molecule has 5 rings (SSSR count). The lowest BCUT2D eigenvalue weighted by atomic mass is 9.47. The highest BCUT2D eigenvalue weighted by molar-refractivity contribution is 5.96. The fourth-order valence-corrected chi connectivity index (χ4v) is 9.18. The summed E-state index contributed by atoms with van der Waals surface area (Å²) >= 11 is 0. The molecule has 6 unspecified atom stereocenters. The fraction of sp³-hybridized carbons (Fsp3) is 0.839. The normalized spacial score (nSPS) is 41.0. The zero-order valence-corrected chi connectivity index (χ0v) is 24.2. The second kappa shape index (κ2) is 10.8. The molecule has 4 fully saturated rings. The number of aliphatic hydroxyl groups excluding tert-OH is 1. The van der Waals surface area contributed by atoms with Gasteiger partial charge in [0, 0.05) is 25.0 Å². The fourth-order valence-electron chi connectivity index (χ4n) is 9.18. The van der Waals surface area contributed by atoms with Gasteiger partial charge in [0.05, 0.1) is 17.4 Å². The van der Waals surface area contributed by atoms with Crippen LogP contribution in [0.2, 0.25) is 0 Å². The summed E-state index contributed by atoms with van der Waals surface area (Å²) in [5.74, 6) is 0.441. The lowest BCUT2D eigenvalue weighted by Gasteiger charge is -2.57. The summed E-state index contributed by atoms with van der Waals surface area (Å²) < 4.78 is 5.75. The third-order valence-corrected chi connectivity index (χ3v) is 11.3. The van der Waals surface area contributed by atoms with E-state index in [1.807, 2.05) is 13.8 Å². The van der Waals surface area contributed by atoms with Crippen molar-refractivity contribution in [3.63, 3.8) is 0 Å². The number of hydrogen-bond acceptors (Lipinski definition) is 7. The topological polar surface area (TPSA) is 120 Å². The van der Waals surface area contributed by atoms with E-state index in [0.29, 0.717) is 37.2 Å². The highest BCUT2D eigenvalue weighted by Crippen LogP contribution is 2.65. The number of nitrogens with one attached hydrogen (secondary N) is 1. The minimum absolute atomic E-state index is 0.00273. The monoisotopic (exact) mass is 543 g/mol. The summed E-state index contributed by atoms with van der Waals surface area (Å²) in [6.45, 7) is 9.02. The van der Waals surface area contributed by atoms with Gasteiger partial charge in [-0.3, -0.25) is 4.79 Å². The van der Waals surface area contributed by atoms with Crippen molar-refractivity contribution >= 4 is 17.6 Å². The number of hydrogen-bond donors (Lipinski definition) is 2. The number of oxime groups is 1. The Bertz CT molecular complexity index is 1020. The Hall–Kier alpha value is -1.93. The predicted molar refractivity (Wildman–Crippen MR) is 145 cm³/mol. The summed E-state index contributed by atoms with van der Waals surface area (Å²) in [6, 6.07) is -0.520. The largest absolute Gasteiger partial charge is 0.550 e. The number of fused-ring (bicyclic) bond motifs is 5. The Labute approximate surface area is 233 Å². The van der Waals surface area contributed by atoms with Crippen molar-refractivity contribution in [3.8, 4) is 0 Å². The van der Waals surface area contributed by atoms with Crippen molar-refractivity contribution in [2.45, 2.75) is 116 Å². The molecule has 0 radical (unpaired) electrons. The van der Waals surface area contributed by atoms with Crippen LogP contribution in [-0.2, 0) is 19.2 Å². The van der Waals surface area contributed by atoms with Gasteiger partial charge in [-0.2, -0.15) is 0 Å². The van der Waals surface area contributed by atoms with Gasteiger partial charge in [0.2, 0.25) is 0 Å². The lowest BCUT2D eigenvalue weighted by Crippen LogP contribution is -2.51. The second-order valence-electron chi connectivity index (χ2n) is 14.1. The van der Waals surface area contributed by atoms with Crippen molar-refractivity contribution in [3.05, 3.63) is 11.6 Å². The lowest BCUT2D eigenvalue weighted by molar-refractivity contribution is -0.306. The minimum Gasteiger partial charge on any atom is -0.550 e. The second-order valence-corrected chi connectivity index (χ2v) is 14.1. The summed E-state index contributed by atoms with van der Waals surface area (Å²) in [5.41, 5.74) is 2.25. The number of amides is 1. The van der Waals surface area contributed by atoms with Crippen LogP contribution in [0.25, 0.3) is 0 Å². The van der Waals surface area contributed by atoms with Gasteiger partial charge in [-0.25, -0.2) is 0 Å². The molecular weight excluding hydrogens is 496 g/mol. The van der Waals surface area contributed by atoms with E-state index < -0.39 is 12.0 Å². The van der Waals surface area contributed by atoms with Gasteiger partial charge in [0.25, 0.3) is 5.91 Å². The Morgan fingerprint density at radius 2 is 1.92 bits per heavy atom. The predicted octanol–water partition coefficient (Wildman–Crippen LogP) is 3.51. The third-order valence-electron chi connectivity index (χ3n) is 11.3. The van der Waals surface area contributed by atoms with Crippen molar-refractivity contribution in [2.24, 2.45) is 39.7 Å². The first-order chi connectivity index (χ1) is 18.4. The molecule has 8 atom stereocenters. The van der Waals surface area contributed by atoms with Crippen LogP contribution in [-0.4, -0.2) is 53.7 Å². The van der Waals surface area contributed by atoms with Gasteiger partial charge < -0.3 is 29.9 Å². The molecular formula is C31H47N2O6-. The standard InChI is InChI=1S/C31H48N2O6/c1-29(2)17-19(11-14-38-29)25(16-28(36)37)32-27(35)18-39-33-21-9-12-30(3)20(15-21)5-6-22-23-7-8-26(34)31(23,4)13-10-24(22)30/h15,19,22-26,34H,5-14,16-18H2,1-4H3,(H,32,35)(H,36,37)/p-1/t19?,22?,23?,24?,25?,26?,30-,31-/m0/s1. The molecule has 0 spiro atoms. The third kappa shape index (κ3) is 5.65. The van der Waals surface area contributed by atoms with E-state index in [0.717, 1.165) is 44.2 Å². The van der Waals surface area contributed by atoms with Crippen LogP contribution >= 0.6 is 0 Å². The molecule has 8 heteroatoms. The minimum atomic E-state index is -1.18. The van der Waals surface area contributed by atoms with Gasteiger partial charge in [0.1, 0.15) is 0 Å². The Morgan fingerprint density at radius 3 is 2.67 bits per heavy atom. The number of aliphatic carboxylic acids is 1. The average molecular weight is 544 g/mol. The number of carbonyl (C=O) groups is 2. The van der Waals surface area contributed by atoms with E-state index in [9.17, 15) is 19.8 Å². The maximum Gasteiger partial charge on any atom is 0.261 e. The van der Waals surface area contributed by atoms with Gasteiger partial charge >= 0.3 is 0 Å². The average Bonchev–Trinajstić information content (AvgIpc) is 3.17. The molecule has 3 saturated carbocycles. The zero-order valence-electron chi connectivity index (χ0n) is 24.2. The van der Waals surface area contributed by atoms with Crippen LogP contribution in [0.1, 0.15) is 98.3 Å². The SMILES string of the molecule is CC1(C)CC(C(CC(=O)[O-])NC(=O)CON=C2C=C3CCC4C5CCC(O)[C@@]5(C)CCC4[C@@]3(C)CC2)CCO1. The maximum absolute atomic E-state index is 12.7. The molecule has 0 aromatic heterocycles. The summed E-state index contributed by atoms with van der Waals surface area (Å²) in [6.07, 6.45) is 11.7. The molecule has 1 heterocycles. The van der Waals surface area contributed by atoms with Gasteiger partial charge in [-0.15, -0.1) is 0 Å². The first-order valence-corrected chi connectivity index (χ1v) is 15.1. The van der Waals surface area contributed by atoms with Crippen molar-refractivity contribution in [2.75, 3.05) is 13.2 Å². The number of allylic oxidation sites excluding steroid dienone is 2. The van der Waals surface area contributed by atoms with E-state index in [4.69, 9.17) is 9.57 Å². The van der Waals surface area contributed by atoms with Gasteiger partial charge in [0.15, 0.2) is 6.61 Å². The van der Waals surface area contributed by atoms with E-state index >= 15 is 0 Å². The van der Waals surface area contributed by atoms with Gasteiger partial charge in [-0.05, 0) is 119 Å². The molecule has 1 aliphatic heterocycles. The number of rotatable bonds is 7. The molecule has 0 aromatic carbocycles. The number of carboxylic acid groups (broad SMARTS) is 1. The number of nitrogens with zero attached hydrogens (tertiary/aromatic N) is 1. The molecule has 5 aliphatic rings. The van der Waals surface area contributed by atoms with Crippen molar-refractivity contribution in [1.82, 2.24) is 5.32 Å². The van der Waals surface area contributed by atoms with E-state index in [1.54, 1.807) is 0 Å². The molecule has 8 nitrogen and oxygen atoms in total. The number of carbonyl (C=O) groups excluding carboxylic acids is 2. The van der Waals surface area contributed by atoms with Crippen LogP contribution in [0.3, 0.4) is 0 Å². The maximum atomic E-state index is 12.7. The molecule has 1 amide bonds. The van der Waals surface area contributed by atoms with Crippen LogP contribution in [0.5, 0.6) is 0 Å². The molecule has 2 N–H and O–H groups in total. The Balaban J connectivity index is 1.18. The zero-order chi connectivity index (χ0) is 28.0. The Morgan fingerprint density at radius 1 is 1.13 bits per heavy atom. The van der Waals surface area contributed by atoms with Crippen molar-refractivity contribution in [1.29, 1.82) is 0 Å². The molecule has 39 heavy (non-hydrogen) atoms. The molecule has 0 bridgehead atoms. The molecule has 0 aromatic rings. The van der Waals surface area contributed by atoms with Crippen LogP contribution < -0.4 is 10.4 Å². The molecule has 1 saturated heterocycles. The first kappa shape index (κ1) is 28.6. The Kier molecular flexibility index (Phi) is 7.92. The number of ether oxygens (including phenoxy) is 1. The van der Waals surface area contributed by atoms with E-state index in [2.05, 4.69) is 30.4 Å². The van der Waals surface area contributed by atoms with Crippen LogP contribution in [0.15, 0.2) is 16.8 Å². The first-order valence-electron chi connectivity index (χ1n) is 15.1. The number of carboxylic acids is 1. The van der Waals surface area contributed by atoms with E-state index in [1.165, 1.54) is 18.4 Å². The number of aliphatic hydroxyl groups is 1. The highest BCUT2D eigenvalue weighted by atomic mass is 16.6. The quantitative estimate of drug-likeness (QED) is 0.474. The smallest absolute Gasteiger partial charge is 0.261 e. The van der Waals surface area contributed by atoms with E-state index in [-0.39, 0.29) is 47.4 Å². The summed E-state index contributed by atoms with van der Waals surface area (Å²) in [5, 5.41) is 29.2. The van der Waals surface area contributed by atoms with Crippen LogP contribution in [0, 0.1) is 34.5 Å².